The number of aromatic nitrogens is 1. The molecule has 116 valence electrons. The summed E-state index contributed by atoms with van der Waals surface area (Å²) in [7, 11) is 0. The standard InChI is InChI=1S/C14H13IN2O5/c1-7(15)22-14-9-5-3-2-4-8(9)12(20)11(17-14)13(21)16-6-10(18)19/h2-5,7,20H,6H2,1H3,(H,16,21)(H,18,19). The van der Waals surface area contributed by atoms with Gasteiger partial charge in [0.25, 0.3) is 5.91 Å². The third-order valence-corrected chi connectivity index (χ3v) is 2.99. The zero-order valence-corrected chi connectivity index (χ0v) is 13.7. The van der Waals surface area contributed by atoms with Crippen LogP contribution in [0.25, 0.3) is 10.8 Å². The molecule has 0 saturated heterocycles. The second-order valence-electron chi connectivity index (χ2n) is 4.40. The molecule has 0 fully saturated rings. The van der Waals surface area contributed by atoms with Crippen molar-refractivity contribution in [2.45, 2.75) is 11.0 Å². The SMILES string of the molecule is CC(I)Oc1nc(C(=O)NCC(=O)O)c(O)c2ccccc12. The van der Waals surface area contributed by atoms with Gasteiger partial charge in [0.2, 0.25) is 5.88 Å². The predicted octanol–water partition coefficient (Wildman–Crippen LogP) is 1.91. The molecule has 8 heteroatoms. The molecule has 1 amide bonds. The lowest BCUT2D eigenvalue weighted by atomic mass is 10.1. The number of alkyl halides is 1. The van der Waals surface area contributed by atoms with Crippen LogP contribution in [0.3, 0.4) is 0 Å². The molecule has 1 unspecified atom stereocenters. The van der Waals surface area contributed by atoms with Gasteiger partial charge in [0, 0.05) is 10.8 Å². The molecular formula is C14H13IN2O5. The monoisotopic (exact) mass is 416 g/mol. The Morgan fingerprint density at radius 2 is 2.00 bits per heavy atom. The lowest BCUT2D eigenvalue weighted by Crippen LogP contribution is -2.30. The minimum absolute atomic E-state index is 0.201. The average molecular weight is 416 g/mol. The predicted molar refractivity (Wildman–Crippen MR) is 87.5 cm³/mol. The summed E-state index contributed by atoms with van der Waals surface area (Å²) in [6.45, 7) is 1.24. The van der Waals surface area contributed by atoms with Crippen molar-refractivity contribution in [3.05, 3.63) is 30.0 Å². The van der Waals surface area contributed by atoms with Gasteiger partial charge in [-0.05, 0) is 35.6 Å². The number of carbonyl (C=O) groups excluding carboxylic acids is 1. The Kier molecular flexibility index (Phi) is 5.01. The van der Waals surface area contributed by atoms with Crippen LogP contribution in [-0.4, -0.2) is 37.7 Å². The maximum absolute atomic E-state index is 12.0. The van der Waals surface area contributed by atoms with Crippen molar-refractivity contribution in [1.29, 1.82) is 0 Å². The zero-order valence-electron chi connectivity index (χ0n) is 11.5. The third-order valence-electron chi connectivity index (χ3n) is 2.74. The average Bonchev–Trinajstić information content (AvgIpc) is 2.47. The highest BCUT2D eigenvalue weighted by Gasteiger charge is 2.20. The number of amides is 1. The summed E-state index contributed by atoms with van der Waals surface area (Å²) in [5, 5.41) is 22.0. The Labute approximate surface area is 139 Å². The summed E-state index contributed by atoms with van der Waals surface area (Å²) in [5.74, 6) is -2.08. The minimum atomic E-state index is -1.19. The number of fused-ring (bicyclic) bond motifs is 1. The Hall–Kier alpha value is -2.10. The second kappa shape index (κ2) is 6.77. The van der Waals surface area contributed by atoms with Gasteiger partial charge in [0.1, 0.15) is 10.7 Å². The summed E-state index contributed by atoms with van der Waals surface area (Å²) in [5.41, 5.74) is -0.271. The van der Waals surface area contributed by atoms with E-state index in [2.05, 4.69) is 10.3 Å². The molecule has 1 aromatic heterocycles. The number of aromatic hydroxyl groups is 1. The first-order valence-corrected chi connectivity index (χ1v) is 7.57. The topological polar surface area (TPSA) is 109 Å². The lowest BCUT2D eigenvalue weighted by molar-refractivity contribution is -0.135. The third kappa shape index (κ3) is 3.56. The van der Waals surface area contributed by atoms with Crippen LogP contribution < -0.4 is 10.1 Å². The van der Waals surface area contributed by atoms with Crippen LogP contribution in [-0.2, 0) is 4.79 Å². The number of aliphatic carboxylic acids is 1. The molecule has 0 spiro atoms. The van der Waals surface area contributed by atoms with E-state index in [1.807, 2.05) is 22.6 Å². The fraction of sp³-hybridized carbons (Fsp3) is 0.214. The molecule has 2 aromatic rings. The number of carbonyl (C=O) groups is 2. The molecule has 22 heavy (non-hydrogen) atoms. The van der Waals surface area contributed by atoms with Gasteiger partial charge in [-0.2, -0.15) is 0 Å². The van der Waals surface area contributed by atoms with Crippen LogP contribution in [0.4, 0.5) is 0 Å². The maximum atomic E-state index is 12.0. The van der Waals surface area contributed by atoms with E-state index >= 15 is 0 Å². The van der Waals surface area contributed by atoms with Crippen molar-refractivity contribution in [2.75, 3.05) is 6.54 Å². The summed E-state index contributed by atoms with van der Waals surface area (Å²) >= 11 is 2.04. The lowest BCUT2D eigenvalue weighted by Gasteiger charge is -2.13. The molecule has 0 aliphatic rings. The van der Waals surface area contributed by atoms with Gasteiger partial charge in [-0.3, -0.25) is 9.59 Å². The van der Waals surface area contributed by atoms with Gasteiger partial charge in [-0.25, -0.2) is 4.98 Å². The molecule has 0 radical (unpaired) electrons. The molecule has 1 atom stereocenters. The Morgan fingerprint density at radius 1 is 1.36 bits per heavy atom. The van der Waals surface area contributed by atoms with Crippen LogP contribution in [0, 0.1) is 0 Å². The van der Waals surface area contributed by atoms with Crippen molar-refractivity contribution in [3.63, 3.8) is 0 Å². The molecule has 0 aliphatic heterocycles. The van der Waals surface area contributed by atoms with E-state index in [-0.39, 0.29) is 21.4 Å². The molecule has 0 aliphatic carbocycles. The van der Waals surface area contributed by atoms with E-state index in [1.165, 1.54) is 0 Å². The van der Waals surface area contributed by atoms with Crippen LogP contribution in [0.1, 0.15) is 17.4 Å². The van der Waals surface area contributed by atoms with Crippen molar-refractivity contribution in [2.24, 2.45) is 0 Å². The van der Waals surface area contributed by atoms with E-state index in [0.29, 0.717) is 10.8 Å². The van der Waals surface area contributed by atoms with E-state index in [4.69, 9.17) is 9.84 Å². The Bertz CT molecular complexity index is 732. The number of carboxylic acids is 1. The van der Waals surface area contributed by atoms with Crippen LogP contribution in [0.5, 0.6) is 11.6 Å². The van der Waals surface area contributed by atoms with Crippen molar-refractivity contribution < 1.29 is 24.5 Å². The molecule has 3 N–H and O–H groups in total. The quantitative estimate of drug-likeness (QED) is 0.508. The van der Waals surface area contributed by atoms with Gasteiger partial charge in [0.05, 0.1) is 0 Å². The highest BCUT2D eigenvalue weighted by molar-refractivity contribution is 14.1. The largest absolute Gasteiger partial charge is 0.505 e. The number of nitrogens with one attached hydrogen (secondary N) is 1. The number of hydrogen-bond donors (Lipinski definition) is 3. The zero-order chi connectivity index (χ0) is 16.3. The normalized spacial score (nSPS) is 11.9. The van der Waals surface area contributed by atoms with Crippen LogP contribution in [0.15, 0.2) is 24.3 Å². The number of benzene rings is 1. The number of pyridine rings is 1. The van der Waals surface area contributed by atoms with Gasteiger partial charge in [-0.15, -0.1) is 0 Å². The number of carboxylic acid groups (broad SMARTS) is 1. The molecule has 2 rings (SSSR count). The van der Waals surface area contributed by atoms with E-state index in [0.717, 1.165) is 0 Å². The highest BCUT2D eigenvalue weighted by Crippen LogP contribution is 2.34. The summed E-state index contributed by atoms with van der Waals surface area (Å²) in [4.78, 5) is 26.6. The van der Waals surface area contributed by atoms with Crippen LogP contribution >= 0.6 is 22.6 Å². The van der Waals surface area contributed by atoms with E-state index < -0.39 is 18.4 Å². The Balaban J connectivity index is 2.52. The van der Waals surface area contributed by atoms with Gasteiger partial charge >= 0.3 is 5.97 Å². The highest BCUT2D eigenvalue weighted by atomic mass is 127. The summed E-state index contributed by atoms with van der Waals surface area (Å²) < 4.78 is 5.37. The first kappa shape index (κ1) is 16.3. The first-order chi connectivity index (χ1) is 10.4. The summed E-state index contributed by atoms with van der Waals surface area (Å²) in [6.07, 6.45) is 0. The number of hydrogen-bond acceptors (Lipinski definition) is 5. The fourth-order valence-corrected chi connectivity index (χ4v) is 2.10. The van der Waals surface area contributed by atoms with Gasteiger partial charge in [-0.1, -0.05) is 18.2 Å². The number of halogens is 1. The molecule has 7 nitrogen and oxygen atoms in total. The summed E-state index contributed by atoms with van der Waals surface area (Å²) in [6, 6.07) is 6.82. The molecular weight excluding hydrogens is 403 g/mol. The molecule has 1 aromatic carbocycles. The van der Waals surface area contributed by atoms with Crippen LogP contribution in [0.2, 0.25) is 0 Å². The number of rotatable bonds is 5. The molecule has 0 saturated carbocycles. The van der Waals surface area contributed by atoms with E-state index in [1.54, 1.807) is 31.2 Å². The van der Waals surface area contributed by atoms with Crippen molar-refractivity contribution in [1.82, 2.24) is 10.3 Å². The number of ether oxygens (including phenoxy) is 1. The van der Waals surface area contributed by atoms with Gasteiger partial charge in [0.15, 0.2) is 11.4 Å². The van der Waals surface area contributed by atoms with Crippen molar-refractivity contribution in [3.8, 4) is 11.6 Å². The number of nitrogens with zero attached hydrogens (tertiary/aromatic N) is 1. The second-order valence-corrected chi connectivity index (χ2v) is 6.15. The molecule has 0 bridgehead atoms. The Morgan fingerprint density at radius 3 is 2.59 bits per heavy atom. The molecule has 1 heterocycles. The smallest absolute Gasteiger partial charge is 0.322 e. The van der Waals surface area contributed by atoms with Gasteiger partial charge < -0.3 is 20.3 Å². The fourth-order valence-electron chi connectivity index (χ4n) is 1.86. The van der Waals surface area contributed by atoms with Crippen molar-refractivity contribution >= 4 is 45.2 Å². The van der Waals surface area contributed by atoms with E-state index in [9.17, 15) is 14.7 Å². The minimum Gasteiger partial charge on any atom is -0.505 e. The first-order valence-electron chi connectivity index (χ1n) is 6.32. The maximum Gasteiger partial charge on any atom is 0.322 e.